The van der Waals surface area contributed by atoms with E-state index in [2.05, 4.69) is 65.6 Å². The van der Waals surface area contributed by atoms with Gasteiger partial charge in [-0.1, -0.05) is 18.2 Å². The number of hydrogen-bond acceptors (Lipinski definition) is 2. The van der Waals surface area contributed by atoms with Gasteiger partial charge in [0.15, 0.2) is 0 Å². The summed E-state index contributed by atoms with van der Waals surface area (Å²) in [6.07, 6.45) is 2.54. The molecule has 1 unspecified atom stereocenters. The van der Waals surface area contributed by atoms with E-state index >= 15 is 0 Å². The molecule has 0 amide bonds. The Hall–Kier alpha value is -0.130. The molecule has 1 fully saturated rings. The van der Waals surface area contributed by atoms with Gasteiger partial charge in [-0.3, -0.25) is 4.90 Å². The molecule has 1 atom stereocenters. The molecule has 3 heteroatoms. The summed E-state index contributed by atoms with van der Waals surface area (Å²) in [4.78, 5) is 2.54. The summed E-state index contributed by atoms with van der Waals surface area (Å²) >= 11 is 2.44. The molecule has 2 nitrogen and oxygen atoms in total. The Balaban J connectivity index is 2.18. The molecule has 94 valence electrons. The highest BCUT2D eigenvalue weighted by molar-refractivity contribution is 14.1. The number of rotatable bonds is 3. The molecule has 2 N–H and O–H groups in total. The monoisotopic (exact) mass is 344 g/mol. The highest BCUT2D eigenvalue weighted by atomic mass is 127. The van der Waals surface area contributed by atoms with Crippen molar-refractivity contribution < 1.29 is 0 Å². The van der Waals surface area contributed by atoms with Crippen LogP contribution >= 0.6 is 22.6 Å². The number of nitrogens with two attached hydrogens (primary N) is 1. The molecule has 0 bridgehead atoms. The summed E-state index contributed by atoms with van der Waals surface area (Å²) < 4.78 is 1.37. The van der Waals surface area contributed by atoms with Gasteiger partial charge in [-0.25, -0.2) is 0 Å². The van der Waals surface area contributed by atoms with Gasteiger partial charge in [-0.2, -0.15) is 0 Å². The molecule has 17 heavy (non-hydrogen) atoms. The van der Waals surface area contributed by atoms with E-state index in [1.165, 1.54) is 28.5 Å². The summed E-state index contributed by atoms with van der Waals surface area (Å²) in [7, 11) is 0. The molecule has 0 saturated carbocycles. The highest BCUT2D eigenvalue weighted by Crippen LogP contribution is 2.34. The van der Waals surface area contributed by atoms with Gasteiger partial charge >= 0.3 is 0 Å². The number of likely N-dealkylation sites (tertiary alicyclic amines) is 1. The van der Waals surface area contributed by atoms with Crippen LogP contribution < -0.4 is 5.73 Å². The third-order valence-corrected chi connectivity index (χ3v) is 4.22. The molecular formula is C14H21IN2. The average Bonchev–Trinajstić information content (AvgIpc) is 2.64. The van der Waals surface area contributed by atoms with Crippen molar-refractivity contribution in [1.82, 2.24) is 4.90 Å². The van der Waals surface area contributed by atoms with Crippen molar-refractivity contribution in [2.45, 2.75) is 38.3 Å². The van der Waals surface area contributed by atoms with Crippen LogP contribution in [0, 0.1) is 3.57 Å². The molecule has 0 aromatic heterocycles. The van der Waals surface area contributed by atoms with Crippen LogP contribution in [0.15, 0.2) is 24.3 Å². The van der Waals surface area contributed by atoms with E-state index in [1.807, 2.05) is 0 Å². The fourth-order valence-corrected chi connectivity index (χ4v) is 3.38. The van der Waals surface area contributed by atoms with E-state index in [0.717, 1.165) is 6.54 Å². The number of benzene rings is 1. The zero-order valence-corrected chi connectivity index (χ0v) is 12.8. The molecular weight excluding hydrogens is 323 g/mol. The van der Waals surface area contributed by atoms with Crippen molar-refractivity contribution in [3.63, 3.8) is 0 Å². The lowest BCUT2D eigenvalue weighted by atomic mass is 10.0. The Kier molecular flexibility index (Phi) is 4.10. The van der Waals surface area contributed by atoms with E-state index < -0.39 is 0 Å². The van der Waals surface area contributed by atoms with Crippen molar-refractivity contribution in [1.29, 1.82) is 0 Å². The summed E-state index contributed by atoms with van der Waals surface area (Å²) in [5.41, 5.74) is 7.51. The van der Waals surface area contributed by atoms with Crippen molar-refractivity contribution in [2.24, 2.45) is 5.73 Å². The molecule has 1 heterocycles. The lowest BCUT2D eigenvalue weighted by Gasteiger charge is -2.31. The molecule has 1 aromatic rings. The summed E-state index contributed by atoms with van der Waals surface area (Å²) in [5.74, 6) is 0. The smallest absolute Gasteiger partial charge is 0.0359 e. The average molecular weight is 344 g/mol. The number of nitrogens with zero attached hydrogens (tertiary/aromatic N) is 1. The third kappa shape index (κ3) is 3.42. The second-order valence-electron chi connectivity index (χ2n) is 5.64. The van der Waals surface area contributed by atoms with Crippen LogP contribution in [-0.4, -0.2) is 23.5 Å². The van der Waals surface area contributed by atoms with Crippen molar-refractivity contribution in [2.75, 3.05) is 13.1 Å². The number of hydrogen-bond donors (Lipinski definition) is 1. The van der Waals surface area contributed by atoms with Gasteiger partial charge in [-0.05, 0) is 67.5 Å². The van der Waals surface area contributed by atoms with Crippen LogP contribution in [0.5, 0.6) is 0 Å². The van der Waals surface area contributed by atoms with Gasteiger partial charge in [0, 0.05) is 21.7 Å². The van der Waals surface area contributed by atoms with Crippen molar-refractivity contribution in [3.8, 4) is 0 Å². The van der Waals surface area contributed by atoms with E-state index in [-0.39, 0.29) is 5.54 Å². The normalized spacial score (nSPS) is 22.0. The molecule has 1 aliphatic heterocycles. The first-order valence-corrected chi connectivity index (χ1v) is 7.32. The van der Waals surface area contributed by atoms with Crippen LogP contribution in [0.4, 0.5) is 0 Å². The zero-order chi connectivity index (χ0) is 12.5. The molecule has 1 aromatic carbocycles. The minimum Gasteiger partial charge on any atom is -0.324 e. The predicted octanol–water partition coefficient (Wildman–Crippen LogP) is 3.17. The fourth-order valence-electron chi connectivity index (χ4n) is 2.64. The topological polar surface area (TPSA) is 29.3 Å². The molecule has 0 radical (unpaired) electrons. The maximum absolute atomic E-state index is 6.15. The maximum Gasteiger partial charge on any atom is 0.0359 e. The fraction of sp³-hybridized carbons (Fsp3) is 0.571. The van der Waals surface area contributed by atoms with Crippen LogP contribution in [0.25, 0.3) is 0 Å². The van der Waals surface area contributed by atoms with Crippen LogP contribution in [0.2, 0.25) is 0 Å². The van der Waals surface area contributed by atoms with Gasteiger partial charge < -0.3 is 5.73 Å². The molecule has 0 spiro atoms. The Morgan fingerprint density at radius 3 is 2.76 bits per heavy atom. The SMILES string of the molecule is CC(C)(N)CN1CCCC1c1ccccc1I. The minimum absolute atomic E-state index is 0.108. The van der Waals surface area contributed by atoms with Crippen LogP contribution in [0.1, 0.15) is 38.3 Å². The molecule has 0 aliphatic carbocycles. The minimum atomic E-state index is -0.108. The third-order valence-electron chi connectivity index (χ3n) is 3.24. The quantitative estimate of drug-likeness (QED) is 0.854. The second kappa shape index (κ2) is 5.24. The van der Waals surface area contributed by atoms with E-state index in [0.29, 0.717) is 6.04 Å². The summed E-state index contributed by atoms with van der Waals surface area (Å²) in [6.45, 7) is 6.37. The molecule has 1 saturated heterocycles. The highest BCUT2D eigenvalue weighted by Gasteiger charge is 2.30. The van der Waals surface area contributed by atoms with E-state index in [1.54, 1.807) is 0 Å². The van der Waals surface area contributed by atoms with Crippen LogP contribution in [0.3, 0.4) is 0 Å². The number of halogens is 1. The Bertz CT molecular complexity index is 384. The van der Waals surface area contributed by atoms with E-state index in [4.69, 9.17) is 5.73 Å². The van der Waals surface area contributed by atoms with Gasteiger partial charge in [0.25, 0.3) is 0 Å². The van der Waals surface area contributed by atoms with Crippen molar-refractivity contribution >= 4 is 22.6 Å². The van der Waals surface area contributed by atoms with Gasteiger partial charge in [0.05, 0.1) is 0 Å². The largest absolute Gasteiger partial charge is 0.324 e. The zero-order valence-electron chi connectivity index (χ0n) is 10.6. The molecule has 1 aliphatic rings. The Morgan fingerprint density at radius 1 is 1.41 bits per heavy atom. The van der Waals surface area contributed by atoms with Crippen LogP contribution in [-0.2, 0) is 0 Å². The van der Waals surface area contributed by atoms with E-state index in [9.17, 15) is 0 Å². The van der Waals surface area contributed by atoms with Gasteiger partial charge in [-0.15, -0.1) is 0 Å². The summed E-state index contributed by atoms with van der Waals surface area (Å²) in [5, 5.41) is 0. The lowest BCUT2D eigenvalue weighted by Crippen LogP contribution is -2.45. The predicted molar refractivity (Wildman–Crippen MR) is 81.0 cm³/mol. The Morgan fingerprint density at radius 2 is 2.12 bits per heavy atom. The first kappa shape index (κ1) is 13.3. The van der Waals surface area contributed by atoms with Gasteiger partial charge in [0.1, 0.15) is 0 Å². The molecule has 2 rings (SSSR count). The first-order chi connectivity index (χ1) is 7.97. The Labute approximate surface area is 118 Å². The van der Waals surface area contributed by atoms with Crippen molar-refractivity contribution in [3.05, 3.63) is 33.4 Å². The lowest BCUT2D eigenvalue weighted by molar-refractivity contribution is 0.210. The second-order valence-corrected chi connectivity index (χ2v) is 6.80. The maximum atomic E-state index is 6.15. The van der Waals surface area contributed by atoms with Gasteiger partial charge in [0.2, 0.25) is 0 Å². The standard InChI is InChI=1S/C14H21IN2/c1-14(2,16)10-17-9-5-8-13(17)11-6-3-4-7-12(11)15/h3-4,6-7,13H,5,8-10,16H2,1-2H3. The summed E-state index contributed by atoms with van der Waals surface area (Å²) in [6, 6.07) is 9.26. The first-order valence-electron chi connectivity index (χ1n) is 6.25.